The van der Waals surface area contributed by atoms with Crippen LogP contribution in [-0.4, -0.2) is 29.9 Å². The number of amides is 1. The summed E-state index contributed by atoms with van der Waals surface area (Å²) in [5.74, 6) is 0.966. The molecular formula is C14H26N2O. The van der Waals surface area contributed by atoms with Crippen LogP contribution in [0.5, 0.6) is 0 Å². The molecule has 1 aliphatic heterocycles. The molecule has 0 bridgehead atoms. The standard InChI is InChI=1S/C14H26N2O/c1-9-8-16(7-6-10(9)15)12(17)11-13(2,3)14(11,4)5/h9-11H,6-8,15H2,1-5H3. The van der Waals surface area contributed by atoms with Gasteiger partial charge in [0.2, 0.25) is 5.91 Å². The van der Waals surface area contributed by atoms with Crippen molar-refractivity contribution in [2.24, 2.45) is 28.4 Å². The second-order valence-electron chi connectivity index (χ2n) is 7.09. The van der Waals surface area contributed by atoms with Crippen molar-refractivity contribution in [3.8, 4) is 0 Å². The van der Waals surface area contributed by atoms with E-state index in [1.807, 2.05) is 4.90 Å². The molecular weight excluding hydrogens is 212 g/mol. The first-order valence-electron chi connectivity index (χ1n) is 6.74. The van der Waals surface area contributed by atoms with E-state index in [1.165, 1.54) is 0 Å². The molecule has 2 unspecified atom stereocenters. The van der Waals surface area contributed by atoms with Crippen LogP contribution in [0.15, 0.2) is 0 Å². The molecule has 2 N–H and O–H groups in total. The maximum Gasteiger partial charge on any atom is 0.226 e. The first kappa shape index (κ1) is 12.9. The van der Waals surface area contributed by atoms with Crippen molar-refractivity contribution >= 4 is 5.91 Å². The third-order valence-corrected chi connectivity index (χ3v) is 5.55. The molecule has 0 aromatic carbocycles. The number of nitrogens with zero attached hydrogens (tertiary/aromatic N) is 1. The van der Waals surface area contributed by atoms with Crippen molar-refractivity contribution in [3.05, 3.63) is 0 Å². The molecule has 2 atom stereocenters. The van der Waals surface area contributed by atoms with Crippen LogP contribution >= 0.6 is 0 Å². The summed E-state index contributed by atoms with van der Waals surface area (Å²) in [5.41, 5.74) is 6.29. The van der Waals surface area contributed by atoms with Crippen LogP contribution in [0.25, 0.3) is 0 Å². The molecule has 1 amide bonds. The summed E-state index contributed by atoms with van der Waals surface area (Å²) in [6, 6.07) is 0.263. The van der Waals surface area contributed by atoms with Crippen LogP contribution in [0.4, 0.5) is 0 Å². The van der Waals surface area contributed by atoms with Gasteiger partial charge in [0.25, 0.3) is 0 Å². The molecule has 2 aliphatic rings. The topological polar surface area (TPSA) is 46.3 Å². The molecule has 98 valence electrons. The molecule has 1 saturated carbocycles. The molecule has 0 radical (unpaired) electrons. The molecule has 1 saturated heterocycles. The normalized spacial score (nSPS) is 35.8. The number of carbonyl (C=O) groups is 1. The molecule has 2 fully saturated rings. The maximum atomic E-state index is 12.5. The Balaban J connectivity index is 2.04. The number of rotatable bonds is 1. The lowest BCUT2D eigenvalue weighted by atomic mass is 9.94. The Bertz CT molecular complexity index is 321. The van der Waals surface area contributed by atoms with Gasteiger partial charge in [0.1, 0.15) is 0 Å². The highest BCUT2D eigenvalue weighted by molar-refractivity contribution is 5.84. The molecule has 0 spiro atoms. The summed E-state index contributed by atoms with van der Waals surface area (Å²) < 4.78 is 0. The minimum Gasteiger partial charge on any atom is -0.342 e. The van der Waals surface area contributed by atoms with Crippen LogP contribution in [0, 0.1) is 22.7 Å². The number of hydrogen-bond donors (Lipinski definition) is 1. The van der Waals surface area contributed by atoms with Gasteiger partial charge in [-0.05, 0) is 23.2 Å². The van der Waals surface area contributed by atoms with E-state index in [0.29, 0.717) is 11.8 Å². The molecule has 3 nitrogen and oxygen atoms in total. The molecule has 1 aliphatic carbocycles. The Morgan fingerprint density at radius 3 is 2.18 bits per heavy atom. The SMILES string of the molecule is CC1CN(C(=O)C2C(C)(C)C2(C)C)CCC1N. The van der Waals surface area contributed by atoms with E-state index >= 15 is 0 Å². The molecule has 0 aromatic rings. The highest BCUT2D eigenvalue weighted by atomic mass is 16.2. The van der Waals surface area contributed by atoms with Gasteiger partial charge < -0.3 is 10.6 Å². The van der Waals surface area contributed by atoms with Gasteiger partial charge in [-0.1, -0.05) is 34.6 Å². The van der Waals surface area contributed by atoms with Crippen molar-refractivity contribution in [1.29, 1.82) is 0 Å². The van der Waals surface area contributed by atoms with Crippen LogP contribution in [-0.2, 0) is 4.79 Å². The summed E-state index contributed by atoms with van der Waals surface area (Å²) in [7, 11) is 0. The van der Waals surface area contributed by atoms with Gasteiger partial charge in [-0.2, -0.15) is 0 Å². The summed E-state index contributed by atoms with van der Waals surface area (Å²) >= 11 is 0. The van der Waals surface area contributed by atoms with E-state index in [2.05, 4.69) is 34.6 Å². The third-order valence-electron chi connectivity index (χ3n) is 5.55. The van der Waals surface area contributed by atoms with Crippen LogP contribution in [0.1, 0.15) is 41.0 Å². The first-order valence-corrected chi connectivity index (χ1v) is 6.74. The summed E-state index contributed by atoms with van der Waals surface area (Å²) in [5, 5.41) is 0. The third kappa shape index (κ3) is 1.79. The average Bonchev–Trinajstić information content (AvgIpc) is 2.61. The van der Waals surface area contributed by atoms with Gasteiger partial charge in [-0.3, -0.25) is 4.79 Å². The van der Waals surface area contributed by atoms with Crippen molar-refractivity contribution in [3.63, 3.8) is 0 Å². The fraction of sp³-hybridized carbons (Fsp3) is 0.929. The monoisotopic (exact) mass is 238 g/mol. The zero-order valence-electron chi connectivity index (χ0n) is 11.8. The van der Waals surface area contributed by atoms with Gasteiger partial charge in [-0.15, -0.1) is 0 Å². The van der Waals surface area contributed by atoms with Gasteiger partial charge >= 0.3 is 0 Å². The van der Waals surface area contributed by atoms with Crippen molar-refractivity contribution < 1.29 is 4.79 Å². The van der Waals surface area contributed by atoms with E-state index in [4.69, 9.17) is 5.73 Å². The van der Waals surface area contributed by atoms with Crippen molar-refractivity contribution in [1.82, 2.24) is 4.90 Å². The predicted molar refractivity (Wildman–Crippen MR) is 69.4 cm³/mol. The largest absolute Gasteiger partial charge is 0.342 e. The Morgan fingerprint density at radius 1 is 1.24 bits per heavy atom. The minimum atomic E-state index is 0.146. The smallest absolute Gasteiger partial charge is 0.226 e. The van der Waals surface area contributed by atoms with E-state index in [9.17, 15) is 4.79 Å². The highest BCUT2D eigenvalue weighted by Gasteiger charge is 2.68. The van der Waals surface area contributed by atoms with Crippen LogP contribution in [0.2, 0.25) is 0 Å². The summed E-state index contributed by atoms with van der Waals surface area (Å²) in [6.45, 7) is 12.6. The highest BCUT2D eigenvalue weighted by Crippen LogP contribution is 2.68. The van der Waals surface area contributed by atoms with Crippen molar-refractivity contribution in [2.75, 3.05) is 13.1 Å². The number of piperidine rings is 1. The van der Waals surface area contributed by atoms with Gasteiger partial charge in [0, 0.05) is 25.0 Å². The fourth-order valence-corrected chi connectivity index (χ4v) is 3.36. The zero-order chi connectivity index (χ0) is 13.0. The van der Waals surface area contributed by atoms with Gasteiger partial charge in [0.05, 0.1) is 0 Å². The van der Waals surface area contributed by atoms with Crippen LogP contribution in [0.3, 0.4) is 0 Å². The Hall–Kier alpha value is -0.570. The Labute approximate surface area is 105 Å². The average molecular weight is 238 g/mol. The van der Waals surface area contributed by atoms with E-state index in [1.54, 1.807) is 0 Å². The molecule has 3 heteroatoms. The number of nitrogens with two attached hydrogens (primary N) is 1. The number of carbonyl (C=O) groups excluding carboxylic acids is 1. The minimum absolute atomic E-state index is 0.146. The number of likely N-dealkylation sites (tertiary alicyclic amines) is 1. The lowest BCUT2D eigenvalue weighted by Crippen LogP contribution is -2.49. The molecule has 1 heterocycles. The van der Waals surface area contributed by atoms with E-state index in [-0.39, 0.29) is 22.8 Å². The Morgan fingerprint density at radius 2 is 1.76 bits per heavy atom. The predicted octanol–water partition coefficient (Wildman–Crippen LogP) is 1.86. The second kappa shape index (κ2) is 3.71. The quantitative estimate of drug-likeness (QED) is 0.758. The van der Waals surface area contributed by atoms with E-state index < -0.39 is 0 Å². The summed E-state index contributed by atoms with van der Waals surface area (Å²) in [4.78, 5) is 14.6. The zero-order valence-corrected chi connectivity index (χ0v) is 11.8. The van der Waals surface area contributed by atoms with Gasteiger partial charge in [0.15, 0.2) is 0 Å². The first-order chi connectivity index (χ1) is 7.69. The van der Waals surface area contributed by atoms with Gasteiger partial charge in [-0.25, -0.2) is 0 Å². The maximum absolute atomic E-state index is 12.5. The fourth-order valence-electron chi connectivity index (χ4n) is 3.36. The number of hydrogen-bond acceptors (Lipinski definition) is 2. The lowest BCUT2D eigenvalue weighted by Gasteiger charge is -2.35. The van der Waals surface area contributed by atoms with E-state index in [0.717, 1.165) is 19.5 Å². The van der Waals surface area contributed by atoms with Crippen molar-refractivity contribution in [2.45, 2.75) is 47.1 Å². The molecule has 2 rings (SSSR count). The van der Waals surface area contributed by atoms with Crippen LogP contribution < -0.4 is 5.73 Å². The summed E-state index contributed by atoms with van der Waals surface area (Å²) in [6.07, 6.45) is 0.945. The Kier molecular flexibility index (Phi) is 2.81. The lowest BCUT2D eigenvalue weighted by molar-refractivity contribution is -0.135. The second-order valence-corrected chi connectivity index (χ2v) is 7.09. The molecule has 17 heavy (non-hydrogen) atoms. The molecule has 0 aromatic heterocycles.